The van der Waals surface area contributed by atoms with E-state index in [0.717, 1.165) is 5.69 Å². The standard InChI is InChI=1S/C56H36N2.C52H34N2/c1-4-16-37(17-5-1)39-29-32-52-49(34-39)50-35-40(38-18-6-2-7-19-38)30-33-53(50)58(52)56-47-25-12-10-23-45(47)55(46-24-11-13-26-48(46)56)41-28-31-44-43-22-14-15-27-51(43)57(54(44)36-41)42-20-8-3-9-21-42;1-4-14-35(15-5-1)37-25-29-50-46(32-37)47-33-38(36-16-6-2-7-17-36)26-30-51(47)54(50)49-31-28-41(42-20-10-11-21-43(42)49)39-24-27-45-44-22-12-13-23-48(44)53(52(45)34-39)40-18-8-3-9-19-40/h1-36H;1-34H. The van der Waals surface area contributed by atoms with Crippen molar-refractivity contribution >= 4 is 120 Å². The Kier molecular flexibility index (Phi) is 15.2. The third-order valence-electron chi connectivity index (χ3n) is 23.2. The van der Waals surface area contributed by atoms with Crippen LogP contribution in [0.15, 0.2) is 425 Å². The average Bonchev–Trinajstić information content (AvgIpc) is 1.42. The normalized spacial score (nSPS) is 11.8. The van der Waals surface area contributed by atoms with Crippen molar-refractivity contribution in [1.29, 1.82) is 0 Å². The molecule has 0 unspecified atom stereocenters. The maximum absolute atomic E-state index is 2.53. The van der Waals surface area contributed by atoms with Gasteiger partial charge in [0.1, 0.15) is 0 Å². The molecule has 4 nitrogen and oxygen atoms in total. The van der Waals surface area contributed by atoms with Gasteiger partial charge in [-0.25, -0.2) is 0 Å². The van der Waals surface area contributed by atoms with E-state index in [4.69, 9.17) is 0 Å². The molecule has 0 saturated carbocycles. The zero-order valence-electron chi connectivity index (χ0n) is 61.2. The molecule has 112 heavy (non-hydrogen) atoms. The predicted octanol–water partition coefficient (Wildman–Crippen LogP) is 29.2. The van der Waals surface area contributed by atoms with E-state index in [0.29, 0.717) is 0 Å². The molecule has 0 saturated heterocycles. The van der Waals surface area contributed by atoms with Crippen molar-refractivity contribution in [3.8, 4) is 89.5 Å². The summed E-state index contributed by atoms with van der Waals surface area (Å²) in [7, 11) is 0. The van der Waals surface area contributed by atoms with Gasteiger partial charge in [0.2, 0.25) is 0 Å². The first-order valence-corrected chi connectivity index (χ1v) is 38.6. The molecule has 522 valence electrons. The van der Waals surface area contributed by atoms with Gasteiger partial charge in [0.15, 0.2) is 0 Å². The highest BCUT2D eigenvalue weighted by Gasteiger charge is 2.25. The predicted molar refractivity (Wildman–Crippen MR) is 475 cm³/mol. The second-order valence-corrected chi connectivity index (χ2v) is 29.4. The topological polar surface area (TPSA) is 19.7 Å². The molecule has 0 spiro atoms. The van der Waals surface area contributed by atoms with E-state index in [9.17, 15) is 0 Å². The fourth-order valence-electron chi connectivity index (χ4n) is 18.1. The van der Waals surface area contributed by atoms with Crippen molar-refractivity contribution in [3.63, 3.8) is 0 Å². The van der Waals surface area contributed by atoms with Crippen LogP contribution < -0.4 is 0 Å². The van der Waals surface area contributed by atoms with Crippen molar-refractivity contribution < 1.29 is 0 Å². The number of hydrogen-bond donors (Lipinski definition) is 0. The van der Waals surface area contributed by atoms with Crippen LogP contribution in [0.4, 0.5) is 0 Å². The number of para-hydroxylation sites is 4. The molecule has 0 aliphatic carbocycles. The van der Waals surface area contributed by atoms with Crippen molar-refractivity contribution in [2.45, 2.75) is 0 Å². The highest BCUT2D eigenvalue weighted by atomic mass is 15.0. The third-order valence-corrected chi connectivity index (χ3v) is 23.2. The lowest BCUT2D eigenvalue weighted by molar-refractivity contribution is 1.18. The molecular weight excluding hydrogens is 1350 g/mol. The van der Waals surface area contributed by atoms with Gasteiger partial charge in [-0.3, -0.25) is 0 Å². The summed E-state index contributed by atoms with van der Waals surface area (Å²) in [5, 5.41) is 17.4. The Morgan fingerprint density at radius 2 is 0.429 bits per heavy atom. The molecule has 0 fully saturated rings. The molecule has 0 radical (unpaired) electrons. The van der Waals surface area contributed by atoms with Gasteiger partial charge in [-0.1, -0.05) is 322 Å². The summed E-state index contributed by atoms with van der Waals surface area (Å²) >= 11 is 0. The van der Waals surface area contributed by atoms with Crippen LogP contribution in [0.3, 0.4) is 0 Å². The summed E-state index contributed by atoms with van der Waals surface area (Å²) in [6.07, 6.45) is 0. The first-order chi connectivity index (χ1) is 55.6. The summed E-state index contributed by atoms with van der Waals surface area (Å²) < 4.78 is 9.81. The van der Waals surface area contributed by atoms with Gasteiger partial charge in [-0.05, 0) is 186 Å². The lowest BCUT2D eigenvalue weighted by atomic mass is 9.90. The van der Waals surface area contributed by atoms with Gasteiger partial charge in [0, 0.05) is 70.6 Å². The van der Waals surface area contributed by atoms with Crippen molar-refractivity contribution in [2.75, 3.05) is 0 Å². The van der Waals surface area contributed by atoms with Crippen molar-refractivity contribution in [2.24, 2.45) is 0 Å². The van der Waals surface area contributed by atoms with Crippen LogP contribution in [-0.4, -0.2) is 18.3 Å². The maximum Gasteiger partial charge on any atom is 0.0619 e. The van der Waals surface area contributed by atoms with E-state index in [1.807, 2.05) is 0 Å². The molecule has 0 atom stereocenters. The van der Waals surface area contributed by atoms with Crippen LogP contribution in [0, 0.1) is 0 Å². The fraction of sp³-hybridized carbons (Fsp3) is 0. The van der Waals surface area contributed by atoms with Gasteiger partial charge in [0.25, 0.3) is 0 Å². The first kappa shape index (κ1) is 64.3. The lowest BCUT2D eigenvalue weighted by Crippen LogP contribution is -1.99. The number of fused-ring (bicyclic) bond motifs is 15. The van der Waals surface area contributed by atoms with Gasteiger partial charge in [-0.2, -0.15) is 0 Å². The van der Waals surface area contributed by atoms with Crippen LogP contribution in [0.25, 0.3) is 209 Å². The zero-order chi connectivity index (χ0) is 73.7. The van der Waals surface area contributed by atoms with Gasteiger partial charge in [0.05, 0.1) is 55.5 Å². The van der Waals surface area contributed by atoms with Crippen LogP contribution >= 0.6 is 0 Å². The summed E-state index contributed by atoms with van der Waals surface area (Å²) in [4.78, 5) is 0. The van der Waals surface area contributed by atoms with Crippen LogP contribution in [0.2, 0.25) is 0 Å². The Bertz CT molecular complexity index is 7390. The lowest BCUT2D eigenvalue weighted by Gasteiger charge is -2.20. The fourth-order valence-corrected chi connectivity index (χ4v) is 18.1. The first-order valence-electron chi connectivity index (χ1n) is 38.6. The highest BCUT2D eigenvalue weighted by Crippen LogP contribution is 2.48. The Balaban J connectivity index is 0.000000138. The average molecular weight is 1420 g/mol. The Labute approximate surface area is 647 Å². The molecule has 23 rings (SSSR count). The van der Waals surface area contributed by atoms with Crippen LogP contribution in [-0.2, 0) is 0 Å². The summed E-state index contributed by atoms with van der Waals surface area (Å²) in [5.74, 6) is 0. The molecule has 19 aromatic carbocycles. The zero-order valence-corrected chi connectivity index (χ0v) is 61.2. The minimum Gasteiger partial charge on any atom is -0.309 e. The summed E-state index contributed by atoms with van der Waals surface area (Å²) in [5.41, 5.74) is 28.9. The number of aromatic nitrogens is 4. The summed E-state index contributed by atoms with van der Waals surface area (Å²) in [6.45, 7) is 0. The Morgan fingerprint density at radius 1 is 0.134 bits per heavy atom. The van der Waals surface area contributed by atoms with Gasteiger partial charge in [-0.15, -0.1) is 0 Å². The maximum atomic E-state index is 2.53. The molecule has 4 heterocycles. The molecular formula is C108H70N4. The molecule has 0 aliphatic rings. The molecule has 0 amide bonds. The van der Waals surface area contributed by atoms with E-state index in [1.165, 1.54) is 203 Å². The van der Waals surface area contributed by atoms with Crippen molar-refractivity contribution in [3.05, 3.63) is 425 Å². The second-order valence-electron chi connectivity index (χ2n) is 29.4. The van der Waals surface area contributed by atoms with E-state index >= 15 is 0 Å². The quantitative estimate of drug-likeness (QED) is 0.122. The molecule has 4 heteroatoms. The minimum atomic E-state index is 1.16. The molecule has 0 N–H and O–H groups in total. The Hall–Kier alpha value is -14.8. The molecule has 0 aliphatic heterocycles. The minimum absolute atomic E-state index is 1.16. The monoisotopic (exact) mass is 1420 g/mol. The number of benzene rings is 19. The van der Waals surface area contributed by atoms with Crippen LogP contribution in [0.5, 0.6) is 0 Å². The molecule has 0 bridgehead atoms. The Morgan fingerprint density at radius 3 is 0.839 bits per heavy atom. The van der Waals surface area contributed by atoms with E-state index in [-0.39, 0.29) is 0 Å². The highest BCUT2D eigenvalue weighted by molar-refractivity contribution is 6.23. The largest absolute Gasteiger partial charge is 0.309 e. The van der Waals surface area contributed by atoms with Crippen LogP contribution in [0.1, 0.15) is 0 Å². The molecule has 4 aromatic heterocycles. The van der Waals surface area contributed by atoms with Gasteiger partial charge < -0.3 is 18.3 Å². The van der Waals surface area contributed by atoms with Crippen molar-refractivity contribution in [1.82, 2.24) is 18.3 Å². The SMILES string of the molecule is c1ccc(-c2ccc3c(c2)c2cc(-c4ccccc4)ccc2n3-c2c3ccccc3c(-c3ccc4c5ccccc5n(-c5ccccc5)c4c3)c3ccccc23)cc1.c1ccc(-c2ccc3c(c2)c2cc(-c4ccccc4)ccc2n3-c2ccc(-c3ccc4c5ccccc5n(-c5ccccc5)c4c3)c3ccccc23)cc1. The number of nitrogens with zero attached hydrogens (tertiary/aromatic N) is 4. The smallest absolute Gasteiger partial charge is 0.0619 e. The second kappa shape index (κ2) is 26.5. The van der Waals surface area contributed by atoms with E-state index in [2.05, 4.69) is 443 Å². The van der Waals surface area contributed by atoms with E-state index in [1.54, 1.807) is 0 Å². The number of rotatable bonds is 10. The molecule has 23 aromatic rings. The van der Waals surface area contributed by atoms with Gasteiger partial charge >= 0.3 is 0 Å². The summed E-state index contributed by atoms with van der Waals surface area (Å²) in [6, 6.07) is 155. The number of hydrogen-bond acceptors (Lipinski definition) is 0. The third kappa shape index (κ3) is 10.5. The van der Waals surface area contributed by atoms with E-state index < -0.39 is 0 Å².